The fourth-order valence-electron chi connectivity index (χ4n) is 2.76. The third kappa shape index (κ3) is 5.02. The third-order valence-electron chi connectivity index (χ3n) is 3.87. The van der Waals surface area contributed by atoms with Crippen molar-refractivity contribution in [1.29, 1.82) is 0 Å². The van der Waals surface area contributed by atoms with Crippen molar-refractivity contribution in [3.8, 4) is 0 Å². The molecule has 2 aromatic carbocycles. The molecule has 0 spiro atoms. The molecule has 0 bridgehead atoms. The molecule has 2 aromatic rings. The Bertz CT molecular complexity index is 515. The Balaban J connectivity index is 0.00000161. The van der Waals surface area contributed by atoms with Crippen molar-refractivity contribution in [3.05, 3.63) is 77.1 Å². The second-order valence-electron chi connectivity index (χ2n) is 5.49. The van der Waals surface area contributed by atoms with Gasteiger partial charge in [-0.05, 0) is 18.7 Å². The molecule has 0 radical (unpaired) electrons. The monoisotopic (exact) mass is 272 g/mol. The zero-order chi connectivity index (χ0) is 13.6. The van der Waals surface area contributed by atoms with Crippen molar-refractivity contribution in [1.82, 2.24) is 4.90 Å². The van der Waals surface area contributed by atoms with Gasteiger partial charge in [-0.25, -0.2) is 0 Å². The molecule has 1 saturated heterocycles. The van der Waals surface area contributed by atoms with Crippen LogP contribution in [0.2, 0.25) is 0 Å². The summed E-state index contributed by atoms with van der Waals surface area (Å²) in [5.74, 6) is 0. The van der Waals surface area contributed by atoms with E-state index in [0.717, 1.165) is 26.2 Å². The van der Waals surface area contributed by atoms with Crippen LogP contribution in [-0.2, 0) is 13.1 Å². The molecule has 0 N–H and O–H groups in total. The van der Waals surface area contributed by atoms with Crippen LogP contribution in [0, 0.1) is 0 Å². The SMILES string of the molecule is [Li+].c1ccc(C[N-][C@H]2CCN(Cc3ccccc3)C2)cc1. The maximum atomic E-state index is 4.84. The van der Waals surface area contributed by atoms with Crippen LogP contribution < -0.4 is 18.9 Å². The van der Waals surface area contributed by atoms with Crippen LogP contribution in [0.1, 0.15) is 17.5 Å². The van der Waals surface area contributed by atoms with Crippen molar-refractivity contribution in [3.63, 3.8) is 0 Å². The van der Waals surface area contributed by atoms with Gasteiger partial charge in [0.05, 0.1) is 0 Å². The quantitative estimate of drug-likeness (QED) is 0.737. The Kier molecular flexibility index (Phi) is 6.54. The van der Waals surface area contributed by atoms with Gasteiger partial charge in [0.2, 0.25) is 0 Å². The summed E-state index contributed by atoms with van der Waals surface area (Å²) in [5.41, 5.74) is 2.71. The van der Waals surface area contributed by atoms with Crippen LogP contribution >= 0.6 is 0 Å². The molecule has 1 fully saturated rings. The van der Waals surface area contributed by atoms with E-state index in [0.29, 0.717) is 6.04 Å². The topological polar surface area (TPSA) is 17.3 Å². The van der Waals surface area contributed by atoms with E-state index >= 15 is 0 Å². The first-order valence-electron chi connectivity index (χ1n) is 7.37. The van der Waals surface area contributed by atoms with E-state index in [-0.39, 0.29) is 18.9 Å². The van der Waals surface area contributed by atoms with Crippen LogP contribution in [0.25, 0.3) is 5.32 Å². The van der Waals surface area contributed by atoms with E-state index in [1.807, 2.05) is 0 Å². The largest absolute Gasteiger partial charge is 1.00 e. The maximum Gasteiger partial charge on any atom is 1.00 e. The van der Waals surface area contributed by atoms with Crippen molar-refractivity contribution < 1.29 is 18.9 Å². The molecular weight excluding hydrogens is 251 g/mol. The van der Waals surface area contributed by atoms with Crippen LogP contribution in [-0.4, -0.2) is 24.0 Å². The average molecular weight is 272 g/mol. The van der Waals surface area contributed by atoms with Gasteiger partial charge in [0.1, 0.15) is 0 Å². The standard InChI is InChI=1S/C18H21N2.Li/c1-3-7-16(8-4-1)13-19-18-11-12-20(15-18)14-17-9-5-2-6-10-17;/h1-10,18H,11-15H2;/q-1;+1/t18-;/m0./s1. The minimum atomic E-state index is 0. The minimum absolute atomic E-state index is 0. The van der Waals surface area contributed by atoms with E-state index in [4.69, 9.17) is 5.32 Å². The molecule has 0 aliphatic carbocycles. The van der Waals surface area contributed by atoms with Crippen LogP contribution in [0.4, 0.5) is 0 Å². The summed E-state index contributed by atoms with van der Waals surface area (Å²) in [7, 11) is 0. The van der Waals surface area contributed by atoms with Crippen LogP contribution in [0.5, 0.6) is 0 Å². The number of hydrogen-bond acceptors (Lipinski definition) is 1. The van der Waals surface area contributed by atoms with Gasteiger partial charge in [-0.15, -0.1) is 12.6 Å². The number of nitrogens with zero attached hydrogens (tertiary/aromatic N) is 2. The van der Waals surface area contributed by atoms with E-state index in [1.165, 1.54) is 17.5 Å². The minimum Gasteiger partial charge on any atom is -0.655 e. The molecule has 0 amide bonds. The normalized spacial score (nSPS) is 18.4. The van der Waals surface area contributed by atoms with Crippen molar-refractivity contribution in [2.45, 2.75) is 25.6 Å². The number of rotatable bonds is 5. The van der Waals surface area contributed by atoms with E-state index in [1.54, 1.807) is 0 Å². The molecule has 21 heavy (non-hydrogen) atoms. The fourth-order valence-corrected chi connectivity index (χ4v) is 2.76. The summed E-state index contributed by atoms with van der Waals surface area (Å²) >= 11 is 0. The summed E-state index contributed by atoms with van der Waals surface area (Å²) in [5, 5.41) is 4.84. The van der Waals surface area contributed by atoms with Crippen molar-refractivity contribution in [2.75, 3.05) is 13.1 Å². The fraction of sp³-hybridized carbons (Fsp3) is 0.333. The van der Waals surface area contributed by atoms with Gasteiger partial charge in [0.25, 0.3) is 0 Å². The van der Waals surface area contributed by atoms with Gasteiger partial charge < -0.3 is 10.2 Å². The van der Waals surface area contributed by atoms with Crippen molar-refractivity contribution in [2.24, 2.45) is 0 Å². The average Bonchev–Trinajstić information content (AvgIpc) is 2.95. The molecule has 1 atom stereocenters. The van der Waals surface area contributed by atoms with E-state index in [2.05, 4.69) is 65.6 Å². The summed E-state index contributed by atoms with van der Waals surface area (Å²) in [6.07, 6.45) is 1.19. The molecule has 1 aliphatic rings. The summed E-state index contributed by atoms with van der Waals surface area (Å²) in [6, 6.07) is 21.7. The van der Waals surface area contributed by atoms with Gasteiger partial charge in [0.15, 0.2) is 0 Å². The third-order valence-corrected chi connectivity index (χ3v) is 3.87. The number of likely N-dealkylation sites (tertiary alicyclic amines) is 1. The number of benzene rings is 2. The van der Waals surface area contributed by atoms with Gasteiger partial charge in [-0.2, -0.15) is 0 Å². The molecule has 0 unspecified atom stereocenters. The van der Waals surface area contributed by atoms with Gasteiger partial charge in [-0.3, -0.25) is 0 Å². The smallest absolute Gasteiger partial charge is 0.655 e. The second-order valence-corrected chi connectivity index (χ2v) is 5.49. The van der Waals surface area contributed by atoms with Gasteiger partial charge in [0, 0.05) is 6.54 Å². The first-order chi connectivity index (χ1) is 9.90. The summed E-state index contributed by atoms with van der Waals surface area (Å²) < 4.78 is 0. The summed E-state index contributed by atoms with van der Waals surface area (Å²) in [4.78, 5) is 2.51. The number of hydrogen-bond donors (Lipinski definition) is 0. The molecule has 0 saturated carbocycles. The Morgan fingerprint density at radius 2 is 1.52 bits per heavy atom. The van der Waals surface area contributed by atoms with E-state index in [9.17, 15) is 0 Å². The van der Waals surface area contributed by atoms with E-state index < -0.39 is 0 Å². The van der Waals surface area contributed by atoms with Gasteiger partial charge in [-0.1, -0.05) is 72.6 Å². The molecule has 1 heterocycles. The molecule has 0 aromatic heterocycles. The Hall–Kier alpha value is -1.04. The predicted molar refractivity (Wildman–Crippen MR) is 83.6 cm³/mol. The molecule has 104 valence electrons. The van der Waals surface area contributed by atoms with Crippen LogP contribution in [0.15, 0.2) is 60.7 Å². The van der Waals surface area contributed by atoms with Crippen molar-refractivity contribution >= 4 is 0 Å². The predicted octanol–water partition coefficient (Wildman–Crippen LogP) is 0.839. The zero-order valence-electron chi connectivity index (χ0n) is 12.8. The molecule has 1 aliphatic heterocycles. The molecule has 2 nitrogen and oxygen atoms in total. The van der Waals surface area contributed by atoms with Gasteiger partial charge >= 0.3 is 18.9 Å². The van der Waals surface area contributed by atoms with Crippen LogP contribution in [0.3, 0.4) is 0 Å². The maximum absolute atomic E-state index is 4.84. The molecule has 3 rings (SSSR count). The molecule has 3 heteroatoms. The Morgan fingerprint density at radius 3 is 2.19 bits per heavy atom. The zero-order valence-corrected chi connectivity index (χ0v) is 12.8. The first-order valence-corrected chi connectivity index (χ1v) is 7.37. The Labute approximate surface area is 139 Å². The summed E-state index contributed by atoms with van der Waals surface area (Å²) in [6.45, 7) is 4.17. The second kappa shape index (κ2) is 8.41. The first kappa shape index (κ1) is 16.3. The Morgan fingerprint density at radius 1 is 0.905 bits per heavy atom. The molecular formula is C18H21LiN2.